The maximum Gasteiger partial charge on any atom is 0.233 e. The van der Waals surface area contributed by atoms with Crippen molar-refractivity contribution in [2.75, 3.05) is 57.8 Å². The van der Waals surface area contributed by atoms with E-state index in [-0.39, 0.29) is 5.91 Å². The van der Waals surface area contributed by atoms with E-state index >= 15 is 0 Å². The predicted molar refractivity (Wildman–Crippen MR) is 130 cm³/mol. The third kappa shape index (κ3) is 7.38. The Morgan fingerprint density at radius 3 is 2.38 bits per heavy atom. The SMILES string of the molecule is CCNC(=NCc1ccc(N2CCC(CO)CC2)cc1)NC1CCN(CC(=O)NC)CC1. The zero-order chi connectivity index (χ0) is 22.8. The highest BCUT2D eigenvalue weighted by molar-refractivity contribution is 5.80. The molecule has 0 aliphatic carbocycles. The molecule has 4 N–H and O–H groups in total. The molecule has 1 amide bonds. The van der Waals surface area contributed by atoms with Gasteiger partial charge in [-0.25, -0.2) is 4.99 Å². The first-order valence-corrected chi connectivity index (χ1v) is 12.0. The molecule has 2 saturated heterocycles. The summed E-state index contributed by atoms with van der Waals surface area (Å²) < 4.78 is 0. The van der Waals surface area contributed by atoms with Gasteiger partial charge in [0.2, 0.25) is 5.91 Å². The lowest BCUT2D eigenvalue weighted by Gasteiger charge is -2.33. The van der Waals surface area contributed by atoms with E-state index in [0.717, 1.165) is 64.4 Å². The van der Waals surface area contributed by atoms with E-state index in [1.807, 2.05) is 0 Å². The van der Waals surface area contributed by atoms with Crippen molar-refractivity contribution in [3.8, 4) is 0 Å². The van der Waals surface area contributed by atoms with Crippen LogP contribution in [0.15, 0.2) is 29.3 Å². The van der Waals surface area contributed by atoms with Crippen molar-refractivity contribution in [2.24, 2.45) is 10.9 Å². The van der Waals surface area contributed by atoms with Crippen LogP contribution < -0.4 is 20.9 Å². The lowest BCUT2D eigenvalue weighted by molar-refractivity contribution is -0.122. The minimum Gasteiger partial charge on any atom is -0.396 e. The lowest BCUT2D eigenvalue weighted by Crippen LogP contribution is -2.50. The van der Waals surface area contributed by atoms with E-state index in [9.17, 15) is 9.90 Å². The number of piperidine rings is 2. The third-order valence-electron chi connectivity index (χ3n) is 6.51. The van der Waals surface area contributed by atoms with Gasteiger partial charge in [0.15, 0.2) is 5.96 Å². The number of anilines is 1. The van der Waals surface area contributed by atoms with Crippen molar-refractivity contribution >= 4 is 17.6 Å². The fourth-order valence-corrected chi connectivity index (χ4v) is 4.39. The molecule has 0 bridgehead atoms. The van der Waals surface area contributed by atoms with Crippen molar-refractivity contribution in [3.63, 3.8) is 0 Å². The lowest BCUT2D eigenvalue weighted by atomic mass is 9.97. The van der Waals surface area contributed by atoms with E-state index in [2.05, 4.69) is 56.9 Å². The van der Waals surface area contributed by atoms with Gasteiger partial charge < -0.3 is 26.0 Å². The molecule has 3 rings (SSSR count). The molecule has 2 fully saturated rings. The van der Waals surface area contributed by atoms with Crippen molar-refractivity contribution < 1.29 is 9.90 Å². The number of guanidine groups is 1. The van der Waals surface area contributed by atoms with Gasteiger partial charge in [-0.05, 0) is 56.2 Å². The van der Waals surface area contributed by atoms with Crippen LogP contribution in [0.5, 0.6) is 0 Å². The normalized spacial score (nSPS) is 19.1. The Morgan fingerprint density at radius 1 is 1.09 bits per heavy atom. The number of hydrogen-bond donors (Lipinski definition) is 4. The van der Waals surface area contributed by atoms with Crippen LogP contribution in [0.3, 0.4) is 0 Å². The van der Waals surface area contributed by atoms with Gasteiger partial charge in [-0.1, -0.05) is 12.1 Å². The molecule has 2 aliphatic rings. The molecule has 178 valence electrons. The first-order valence-electron chi connectivity index (χ1n) is 12.0. The van der Waals surface area contributed by atoms with Gasteiger partial charge in [-0.15, -0.1) is 0 Å². The van der Waals surface area contributed by atoms with E-state index in [1.54, 1.807) is 7.05 Å². The molecule has 1 aromatic carbocycles. The number of carbonyl (C=O) groups excluding carboxylic acids is 1. The summed E-state index contributed by atoms with van der Waals surface area (Å²) in [7, 11) is 1.68. The molecular formula is C24H40N6O2. The number of aliphatic hydroxyl groups excluding tert-OH is 1. The number of carbonyl (C=O) groups is 1. The standard InChI is InChI=1S/C24H40N6O2/c1-3-26-24(28-21-10-12-29(13-11-21)17-23(32)25-2)27-16-19-4-6-22(7-5-19)30-14-8-20(18-31)9-15-30/h4-7,20-21,31H,3,8-18H2,1-2H3,(H,25,32)(H2,26,27,28). The quantitative estimate of drug-likeness (QED) is 0.355. The molecule has 32 heavy (non-hydrogen) atoms. The van der Waals surface area contributed by atoms with Crippen molar-refractivity contribution in [2.45, 2.75) is 45.2 Å². The van der Waals surface area contributed by atoms with Gasteiger partial charge in [-0.3, -0.25) is 9.69 Å². The molecule has 0 spiro atoms. The Kier molecular flexibility index (Phi) is 9.62. The second-order valence-electron chi connectivity index (χ2n) is 8.84. The van der Waals surface area contributed by atoms with E-state index in [0.29, 0.717) is 31.7 Å². The van der Waals surface area contributed by atoms with Crippen molar-refractivity contribution in [1.82, 2.24) is 20.9 Å². The zero-order valence-corrected chi connectivity index (χ0v) is 19.6. The van der Waals surface area contributed by atoms with Gasteiger partial charge in [0.05, 0.1) is 13.1 Å². The second-order valence-corrected chi connectivity index (χ2v) is 8.84. The molecule has 2 heterocycles. The Labute approximate surface area is 192 Å². The first-order chi connectivity index (χ1) is 15.6. The summed E-state index contributed by atoms with van der Waals surface area (Å²) in [5.41, 5.74) is 2.44. The highest BCUT2D eigenvalue weighted by Crippen LogP contribution is 2.23. The molecule has 0 radical (unpaired) electrons. The number of benzene rings is 1. The second kappa shape index (κ2) is 12.6. The molecule has 0 saturated carbocycles. The maximum absolute atomic E-state index is 11.6. The van der Waals surface area contributed by atoms with Gasteiger partial charge in [-0.2, -0.15) is 0 Å². The smallest absolute Gasteiger partial charge is 0.233 e. The molecule has 0 unspecified atom stereocenters. The first kappa shape index (κ1) is 24.3. The fraction of sp³-hybridized carbons (Fsp3) is 0.667. The molecule has 2 aliphatic heterocycles. The minimum absolute atomic E-state index is 0.0759. The van der Waals surface area contributed by atoms with Crippen LogP contribution in [-0.2, 0) is 11.3 Å². The zero-order valence-electron chi connectivity index (χ0n) is 19.6. The summed E-state index contributed by atoms with van der Waals surface area (Å²) in [6, 6.07) is 9.08. The van der Waals surface area contributed by atoms with Crippen LogP contribution in [0, 0.1) is 5.92 Å². The number of likely N-dealkylation sites (tertiary alicyclic amines) is 1. The van der Waals surface area contributed by atoms with Crippen LogP contribution in [-0.4, -0.2) is 80.8 Å². The summed E-state index contributed by atoms with van der Waals surface area (Å²) in [6.45, 7) is 8.19. The fourth-order valence-electron chi connectivity index (χ4n) is 4.39. The highest BCUT2D eigenvalue weighted by Gasteiger charge is 2.21. The van der Waals surface area contributed by atoms with Gasteiger partial charge in [0.1, 0.15) is 0 Å². The number of likely N-dealkylation sites (N-methyl/N-ethyl adjacent to an activating group) is 1. The van der Waals surface area contributed by atoms with Crippen LogP contribution in [0.2, 0.25) is 0 Å². The molecule has 8 heteroatoms. The summed E-state index contributed by atoms with van der Waals surface area (Å²) in [6.07, 6.45) is 4.13. The molecule has 8 nitrogen and oxygen atoms in total. The van der Waals surface area contributed by atoms with Crippen molar-refractivity contribution in [3.05, 3.63) is 29.8 Å². The summed E-state index contributed by atoms with van der Waals surface area (Å²) in [4.78, 5) is 21.0. The number of nitrogens with one attached hydrogen (secondary N) is 3. The third-order valence-corrected chi connectivity index (χ3v) is 6.51. The number of aliphatic imine (C=N–C) groups is 1. The molecule has 1 aromatic rings. The Morgan fingerprint density at radius 2 is 1.78 bits per heavy atom. The molecular weight excluding hydrogens is 404 g/mol. The predicted octanol–water partition coefficient (Wildman–Crippen LogP) is 1.16. The number of hydrogen-bond acceptors (Lipinski definition) is 5. The van der Waals surface area contributed by atoms with Gasteiger partial charge in [0, 0.05) is 58.1 Å². The van der Waals surface area contributed by atoms with E-state index in [4.69, 9.17) is 4.99 Å². The van der Waals surface area contributed by atoms with E-state index < -0.39 is 0 Å². The Hall–Kier alpha value is -2.32. The Balaban J connectivity index is 1.48. The van der Waals surface area contributed by atoms with Crippen LogP contribution in [0.1, 0.15) is 38.2 Å². The summed E-state index contributed by atoms with van der Waals surface area (Å²) in [5, 5.41) is 18.9. The van der Waals surface area contributed by atoms with Gasteiger partial charge >= 0.3 is 0 Å². The van der Waals surface area contributed by atoms with Crippen molar-refractivity contribution in [1.29, 1.82) is 0 Å². The average Bonchev–Trinajstić information content (AvgIpc) is 2.84. The van der Waals surface area contributed by atoms with Gasteiger partial charge in [0.25, 0.3) is 0 Å². The van der Waals surface area contributed by atoms with Crippen LogP contribution in [0.4, 0.5) is 5.69 Å². The topological polar surface area (TPSA) is 92.2 Å². The van der Waals surface area contributed by atoms with Crippen LogP contribution in [0.25, 0.3) is 0 Å². The number of rotatable bonds is 8. The number of aliphatic hydroxyl groups is 1. The van der Waals surface area contributed by atoms with Crippen LogP contribution >= 0.6 is 0 Å². The van der Waals surface area contributed by atoms with E-state index in [1.165, 1.54) is 11.3 Å². The number of nitrogens with zero attached hydrogens (tertiary/aromatic N) is 3. The Bertz CT molecular complexity index is 723. The molecule has 0 atom stereocenters. The molecule has 0 aromatic heterocycles. The monoisotopic (exact) mass is 444 g/mol. The summed E-state index contributed by atoms with van der Waals surface area (Å²) in [5.74, 6) is 1.39. The summed E-state index contributed by atoms with van der Waals surface area (Å²) >= 11 is 0. The number of amides is 1. The maximum atomic E-state index is 11.6. The minimum atomic E-state index is 0.0759. The largest absolute Gasteiger partial charge is 0.396 e. The highest BCUT2D eigenvalue weighted by atomic mass is 16.3. The average molecular weight is 445 g/mol.